The smallest absolute Gasteiger partial charge is 0.410 e. The highest BCUT2D eigenvalue weighted by Gasteiger charge is 2.35. The molecule has 1 saturated heterocycles. The molecule has 6 nitrogen and oxygen atoms in total. The van der Waals surface area contributed by atoms with Gasteiger partial charge in [-0.25, -0.2) is 4.79 Å². The van der Waals surface area contributed by atoms with Gasteiger partial charge in [0.1, 0.15) is 11.4 Å². The number of hydrogen-bond donors (Lipinski definition) is 1. The first-order valence-electron chi connectivity index (χ1n) is 9.75. The Morgan fingerprint density at radius 3 is 2.52 bits per heavy atom. The van der Waals surface area contributed by atoms with E-state index in [1.54, 1.807) is 12.0 Å². The Kier molecular flexibility index (Phi) is 5.56. The molecule has 1 saturated carbocycles. The van der Waals surface area contributed by atoms with E-state index in [4.69, 9.17) is 19.9 Å². The van der Waals surface area contributed by atoms with Crippen LogP contribution in [0.2, 0.25) is 0 Å². The van der Waals surface area contributed by atoms with Gasteiger partial charge in [-0.2, -0.15) is 0 Å². The molecule has 1 aliphatic heterocycles. The molecule has 2 aliphatic rings. The van der Waals surface area contributed by atoms with E-state index in [0.29, 0.717) is 24.9 Å². The maximum atomic E-state index is 12.4. The molecule has 150 valence electrons. The molecule has 2 atom stereocenters. The Morgan fingerprint density at radius 1 is 1.22 bits per heavy atom. The van der Waals surface area contributed by atoms with Gasteiger partial charge < -0.3 is 24.8 Å². The number of benzene rings is 1. The molecule has 1 heterocycles. The molecule has 27 heavy (non-hydrogen) atoms. The molecule has 2 fully saturated rings. The number of carbonyl (C=O) groups excluding carboxylic acids is 1. The zero-order chi connectivity index (χ0) is 19.8. The maximum Gasteiger partial charge on any atom is 0.410 e. The van der Waals surface area contributed by atoms with Crippen molar-refractivity contribution in [3.8, 4) is 5.75 Å². The SMILES string of the molecule is COC1CN(C(=O)OC(C)(C)C)CCC1c1cc(OC2CC2)c(N)cc1C. The molecule has 3 rings (SSSR count). The summed E-state index contributed by atoms with van der Waals surface area (Å²) in [5.74, 6) is 0.957. The summed E-state index contributed by atoms with van der Waals surface area (Å²) in [6.07, 6.45) is 2.92. The van der Waals surface area contributed by atoms with Crippen LogP contribution in [0.25, 0.3) is 0 Å². The second kappa shape index (κ2) is 7.58. The molecule has 2 N–H and O–H groups in total. The second-order valence-corrected chi connectivity index (χ2v) is 8.66. The largest absolute Gasteiger partial charge is 0.488 e. The summed E-state index contributed by atoms with van der Waals surface area (Å²) in [4.78, 5) is 14.2. The van der Waals surface area contributed by atoms with Crippen LogP contribution in [0.15, 0.2) is 12.1 Å². The number of rotatable bonds is 4. The van der Waals surface area contributed by atoms with E-state index in [0.717, 1.165) is 30.6 Å². The number of hydrogen-bond acceptors (Lipinski definition) is 5. The van der Waals surface area contributed by atoms with Crippen molar-refractivity contribution >= 4 is 11.8 Å². The minimum Gasteiger partial charge on any atom is -0.488 e. The van der Waals surface area contributed by atoms with Crippen molar-refractivity contribution in [2.24, 2.45) is 0 Å². The first-order chi connectivity index (χ1) is 12.7. The highest BCUT2D eigenvalue weighted by Crippen LogP contribution is 2.38. The zero-order valence-electron chi connectivity index (χ0n) is 17.1. The third-order valence-electron chi connectivity index (χ3n) is 5.13. The van der Waals surface area contributed by atoms with Gasteiger partial charge in [-0.05, 0) is 70.2 Å². The van der Waals surface area contributed by atoms with Crippen molar-refractivity contribution in [3.63, 3.8) is 0 Å². The number of ether oxygens (including phenoxy) is 3. The van der Waals surface area contributed by atoms with Crippen molar-refractivity contribution in [1.29, 1.82) is 0 Å². The van der Waals surface area contributed by atoms with E-state index in [9.17, 15) is 4.79 Å². The average molecular weight is 376 g/mol. The van der Waals surface area contributed by atoms with Crippen molar-refractivity contribution in [1.82, 2.24) is 4.90 Å². The monoisotopic (exact) mass is 376 g/mol. The first kappa shape index (κ1) is 19.8. The molecule has 1 aromatic rings. The van der Waals surface area contributed by atoms with Gasteiger partial charge in [0, 0.05) is 19.6 Å². The van der Waals surface area contributed by atoms with E-state index in [2.05, 4.69) is 13.0 Å². The average Bonchev–Trinajstić information content (AvgIpc) is 3.39. The van der Waals surface area contributed by atoms with Gasteiger partial charge in [0.2, 0.25) is 0 Å². The standard InChI is InChI=1S/C21H32N2O4/c1-13-10-17(22)18(26-14-6-7-14)11-16(13)15-8-9-23(12-19(15)25-5)20(24)27-21(2,3)4/h10-11,14-15,19H,6-9,12,22H2,1-5H3. The third kappa shape index (κ3) is 4.86. The van der Waals surface area contributed by atoms with Crippen LogP contribution in [-0.2, 0) is 9.47 Å². The van der Waals surface area contributed by atoms with Crippen molar-refractivity contribution in [2.75, 3.05) is 25.9 Å². The lowest BCUT2D eigenvalue weighted by atomic mass is 9.84. The van der Waals surface area contributed by atoms with Crippen LogP contribution < -0.4 is 10.5 Å². The van der Waals surface area contributed by atoms with Crippen LogP contribution in [0.5, 0.6) is 5.75 Å². The summed E-state index contributed by atoms with van der Waals surface area (Å²) < 4.78 is 17.3. The van der Waals surface area contributed by atoms with Crippen LogP contribution >= 0.6 is 0 Å². The molecule has 0 aromatic heterocycles. The van der Waals surface area contributed by atoms with Crippen LogP contribution in [0.3, 0.4) is 0 Å². The normalized spacial score (nSPS) is 23.2. The van der Waals surface area contributed by atoms with Crippen molar-refractivity contribution < 1.29 is 19.0 Å². The predicted octanol–water partition coefficient (Wildman–Crippen LogP) is 3.86. The molecule has 0 spiro atoms. The predicted molar refractivity (Wildman–Crippen MR) is 105 cm³/mol. The van der Waals surface area contributed by atoms with Crippen LogP contribution in [0, 0.1) is 6.92 Å². The van der Waals surface area contributed by atoms with Crippen LogP contribution in [-0.4, -0.2) is 49.0 Å². The highest BCUT2D eigenvalue weighted by molar-refractivity contribution is 5.68. The lowest BCUT2D eigenvalue weighted by molar-refractivity contribution is -0.0140. The number of amides is 1. The first-order valence-corrected chi connectivity index (χ1v) is 9.75. The Balaban J connectivity index is 1.76. The molecule has 6 heteroatoms. The quantitative estimate of drug-likeness (QED) is 0.808. The summed E-state index contributed by atoms with van der Waals surface area (Å²) in [6.45, 7) is 8.86. The molecule has 0 bridgehead atoms. The molecule has 1 aliphatic carbocycles. The Hall–Kier alpha value is -1.95. The summed E-state index contributed by atoms with van der Waals surface area (Å²) in [6, 6.07) is 4.06. The van der Waals surface area contributed by atoms with Gasteiger partial charge >= 0.3 is 6.09 Å². The van der Waals surface area contributed by atoms with E-state index < -0.39 is 5.60 Å². The second-order valence-electron chi connectivity index (χ2n) is 8.66. The van der Waals surface area contributed by atoms with Crippen molar-refractivity contribution in [2.45, 2.75) is 70.7 Å². The molecule has 2 unspecified atom stereocenters. The minimum absolute atomic E-state index is 0.0950. The van der Waals surface area contributed by atoms with E-state index in [1.165, 1.54) is 5.56 Å². The summed E-state index contributed by atoms with van der Waals surface area (Å²) in [5, 5.41) is 0. The fraction of sp³-hybridized carbons (Fsp3) is 0.667. The maximum absolute atomic E-state index is 12.4. The molecular formula is C21H32N2O4. The summed E-state index contributed by atoms with van der Waals surface area (Å²) in [5.41, 5.74) is 8.66. The lowest BCUT2D eigenvalue weighted by Crippen LogP contribution is -2.48. The molecule has 1 amide bonds. The number of carbonyl (C=O) groups is 1. The fourth-order valence-corrected chi connectivity index (χ4v) is 3.60. The topological polar surface area (TPSA) is 74.0 Å². The van der Waals surface area contributed by atoms with Gasteiger partial charge in [0.15, 0.2) is 0 Å². The number of anilines is 1. The van der Waals surface area contributed by atoms with Gasteiger partial charge in [-0.15, -0.1) is 0 Å². The van der Waals surface area contributed by atoms with Crippen LogP contribution in [0.1, 0.15) is 57.1 Å². The Morgan fingerprint density at radius 2 is 1.93 bits per heavy atom. The van der Waals surface area contributed by atoms with Gasteiger partial charge in [-0.3, -0.25) is 0 Å². The minimum atomic E-state index is -0.501. The number of aryl methyl sites for hydroxylation is 1. The number of likely N-dealkylation sites (tertiary alicyclic amines) is 1. The highest BCUT2D eigenvalue weighted by atomic mass is 16.6. The number of nitrogens with zero attached hydrogens (tertiary/aromatic N) is 1. The summed E-state index contributed by atoms with van der Waals surface area (Å²) >= 11 is 0. The van der Waals surface area contributed by atoms with Gasteiger partial charge in [0.05, 0.1) is 24.4 Å². The number of methoxy groups -OCH3 is 1. The molecular weight excluding hydrogens is 344 g/mol. The van der Waals surface area contributed by atoms with E-state index in [1.807, 2.05) is 26.8 Å². The zero-order valence-corrected chi connectivity index (χ0v) is 17.1. The lowest BCUT2D eigenvalue weighted by Gasteiger charge is -2.39. The van der Waals surface area contributed by atoms with Gasteiger partial charge in [-0.1, -0.05) is 0 Å². The van der Waals surface area contributed by atoms with E-state index in [-0.39, 0.29) is 18.1 Å². The third-order valence-corrected chi connectivity index (χ3v) is 5.13. The summed E-state index contributed by atoms with van der Waals surface area (Å²) in [7, 11) is 1.70. The van der Waals surface area contributed by atoms with Crippen molar-refractivity contribution in [3.05, 3.63) is 23.3 Å². The molecule has 0 radical (unpaired) electrons. The number of nitrogen functional groups attached to an aromatic ring is 1. The van der Waals surface area contributed by atoms with E-state index >= 15 is 0 Å². The Bertz CT molecular complexity index is 694. The molecule has 1 aromatic carbocycles. The number of piperidine rings is 1. The van der Waals surface area contributed by atoms with Crippen LogP contribution in [0.4, 0.5) is 10.5 Å². The van der Waals surface area contributed by atoms with Gasteiger partial charge in [0.25, 0.3) is 0 Å². The number of nitrogens with two attached hydrogens (primary N) is 1. The fourth-order valence-electron chi connectivity index (χ4n) is 3.60. The Labute approximate surface area is 161 Å².